The highest BCUT2D eigenvalue weighted by molar-refractivity contribution is 5.66. The number of likely N-dealkylation sites (tertiary alicyclic amines) is 1. The second-order valence-corrected chi connectivity index (χ2v) is 7.81. The van der Waals surface area contributed by atoms with E-state index in [0.717, 1.165) is 51.7 Å². The topological polar surface area (TPSA) is 73.7 Å². The monoisotopic (exact) mass is 400 g/mol. The van der Waals surface area contributed by atoms with Crippen molar-refractivity contribution in [2.24, 2.45) is 5.92 Å². The number of piperidine rings is 1. The van der Waals surface area contributed by atoms with Crippen molar-refractivity contribution in [3.05, 3.63) is 65.7 Å². The predicted molar refractivity (Wildman–Crippen MR) is 109 cm³/mol. The molecule has 2 heterocycles. The van der Waals surface area contributed by atoms with Crippen LogP contribution in [0.2, 0.25) is 0 Å². The van der Waals surface area contributed by atoms with E-state index in [1.165, 1.54) is 12.1 Å². The highest BCUT2D eigenvalue weighted by Gasteiger charge is 2.42. The van der Waals surface area contributed by atoms with Crippen LogP contribution in [0.25, 0.3) is 0 Å². The Morgan fingerprint density at radius 3 is 2.45 bits per heavy atom. The number of pyridine rings is 1. The Morgan fingerprint density at radius 2 is 1.83 bits per heavy atom. The van der Waals surface area contributed by atoms with E-state index in [-0.39, 0.29) is 18.2 Å². The average Bonchev–Trinajstić information content (AvgIpc) is 2.74. The Bertz CT molecular complexity index is 776. The Balaban J connectivity index is 1.65. The number of aliphatic carboxylic acids is 1. The Labute approximate surface area is 171 Å². The van der Waals surface area contributed by atoms with Gasteiger partial charge in [0.25, 0.3) is 0 Å². The highest BCUT2D eigenvalue weighted by atomic mass is 19.1. The van der Waals surface area contributed by atoms with Crippen molar-refractivity contribution < 1.29 is 19.4 Å². The van der Waals surface area contributed by atoms with Crippen molar-refractivity contribution in [2.45, 2.75) is 44.1 Å². The first kappa shape index (κ1) is 21.4. The van der Waals surface area contributed by atoms with Crippen molar-refractivity contribution in [1.82, 2.24) is 9.88 Å². The van der Waals surface area contributed by atoms with Crippen molar-refractivity contribution in [3.8, 4) is 0 Å². The first-order valence-electron chi connectivity index (χ1n) is 10.3. The molecule has 29 heavy (non-hydrogen) atoms. The zero-order chi connectivity index (χ0) is 20.7. The summed E-state index contributed by atoms with van der Waals surface area (Å²) in [6.45, 7) is 2.70. The Kier molecular flexibility index (Phi) is 7.34. The number of hydrogen-bond donors (Lipinski definition) is 2. The van der Waals surface area contributed by atoms with Crippen molar-refractivity contribution in [2.75, 3.05) is 19.6 Å². The van der Waals surface area contributed by atoms with Crippen LogP contribution in [0.1, 0.15) is 49.8 Å². The SMILES string of the molecule is O=C(O)CCCCCN1CCC(C(O)(c2ccc(F)cc2)c2ccccn2)CC1. The lowest BCUT2D eigenvalue weighted by Gasteiger charge is -2.41. The molecule has 1 aromatic heterocycles. The van der Waals surface area contributed by atoms with E-state index in [4.69, 9.17) is 5.11 Å². The lowest BCUT2D eigenvalue weighted by molar-refractivity contribution is -0.137. The maximum absolute atomic E-state index is 13.5. The minimum absolute atomic E-state index is 0.00822. The van der Waals surface area contributed by atoms with Gasteiger partial charge in [0.15, 0.2) is 0 Å². The summed E-state index contributed by atoms with van der Waals surface area (Å²) in [5.41, 5.74) is 0.0196. The number of unbranched alkanes of at least 4 members (excludes halogenated alkanes) is 2. The number of benzene rings is 1. The number of carbonyl (C=O) groups is 1. The van der Waals surface area contributed by atoms with Crippen LogP contribution in [-0.4, -0.2) is 45.7 Å². The zero-order valence-corrected chi connectivity index (χ0v) is 16.6. The molecule has 1 aliphatic heterocycles. The Hall–Kier alpha value is -2.31. The molecule has 1 unspecified atom stereocenters. The second-order valence-electron chi connectivity index (χ2n) is 7.81. The molecule has 0 aliphatic carbocycles. The molecule has 6 heteroatoms. The van der Waals surface area contributed by atoms with Gasteiger partial charge in [0.2, 0.25) is 0 Å². The molecule has 2 aromatic rings. The predicted octanol–water partition coefficient (Wildman–Crippen LogP) is 3.81. The smallest absolute Gasteiger partial charge is 0.303 e. The maximum atomic E-state index is 13.5. The van der Waals surface area contributed by atoms with E-state index in [2.05, 4.69) is 9.88 Å². The third-order valence-electron chi connectivity index (χ3n) is 5.88. The van der Waals surface area contributed by atoms with Crippen LogP contribution < -0.4 is 0 Å². The largest absolute Gasteiger partial charge is 0.481 e. The van der Waals surface area contributed by atoms with Gasteiger partial charge in [-0.05, 0) is 75.1 Å². The van der Waals surface area contributed by atoms with Gasteiger partial charge < -0.3 is 15.1 Å². The molecule has 0 amide bonds. The molecule has 1 atom stereocenters. The number of nitrogens with zero attached hydrogens (tertiary/aromatic N) is 2. The Morgan fingerprint density at radius 1 is 1.10 bits per heavy atom. The molecule has 2 N–H and O–H groups in total. The fourth-order valence-electron chi connectivity index (χ4n) is 4.25. The quantitative estimate of drug-likeness (QED) is 0.626. The van der Waals surface area contributed by atoms with Gasteiger partial charge in [0.1, 0.15) is 11.4 Å². The minimum Gasteiger partial charge on any atom is -0.481 e. The highest BCUT2D eigenvalue weighted by Crippen LogP contribution is 2.41. The zero-order valence-electron chi connectivity index (χ0n) is 16.6. The molecule has 0 spiro atoms. The average molecular weight is 400 g/mol. The van der Waals surface area contributed by atoms with E-state index >= 15 is 0 Å². The van der Waals surface area contributed by atoms with Crippen LogP contribution in [0.3, 0.4) is 0 Å². The van der Waals surface area contributed by atoms with Crippen LogP contribution in [0.5, 0.6) is 0 Å². The van der Waals surface area contributed by atoms with E-state index in [0.29, 0.717) is 11.3 Å². The third-order valence-corrected chi connectivity index (χ3v) is 5.88. The van der Waals surface area contributed by atoms with Crippen LogP contribution in [0, 0.1) is 11.7 Å². The summed E-state index contributed by atoms with van der Waals surface area (Å²) < 4.78 is 13.5. The molecular weight excluding hydrogens is 371 g/mol. The number of aliphatic hydroxyl groups is 1. The maximum Gasteiger partial charge on any atom is 0.303 e. The van der Waals surface area contributed by atoms with Gasteiger partial charge in [-0.25, -0.2) is 4.39 Å². The first-order chi connectivity index (χ1) is 14.0. The molecular formula is C23H29FN2O3. The number of carboxylic acid groups (broad SMARTS) is 1. The molecule has 0 saturated carbocycles. The molecule has 0 radical (unpaired) electrons. The summed E-state index contributed by atoms with van der Waals surface area (Å²) in [6, 6.07) is 11.6. The number of carboxylic acids is 1. The van der Waals surface area contributed by atoms with E-state index in [1.54, 1.807) is 18.3 Å². The van der Waals surface area contributed by atoms with Crippen LogP contribution >= 0.6 is 0 Å². The van der Waals surface area contributed by atoms with E-state index in [9.17, 15) is 14.3 Å². The number of hydrogen-bond acceptors (Lipinski definition) is 4. The summed E-state index contributed by atoms with van der Waals surface area (Å²) in [5.74, 6) is -1.07. The van der Waals surface area contributed by atoms with Gasteiger partial charge in [0.05, 0.1) is 5.69 Å². The summed E-state index contributed by atoms with van der Waals surface area (Å²) in [4.78, 5) is 17.4. The molecule has 1 aliphatic rings. The van der Waals surface area contributed by atoms with Crippen LogP contribution in [0.15, 0.2) is 48.7 Å². The summed E-state index contributed by atoms with van der Waals surface area (Å²) in [7, 11) is 0. The van der Waals surface area contributed by atoms with Gasteiger partial charge in [-0.3, -0.25) is 9.78 Å². The standard InChI is InChI=1S/C23H29FN2O3/c24-20-10-8-18(9-11-20)23(29,21-6-3-4-14-25-21)19-12-16-26(17-13-19)15-5-1-2-7-22(27)28/h3-4,6,8-11,14,19,29H,1-2,5,7,12-13,15-17H2,(H,27,28). The lowest BCUT2D eigenvalue weighted by atomic mass is 9.74. The summed E-state index contributed by atoms with van der Waals surface area (Å²) in [5, 5.41) is 20.5. The number of aromatic nitrogens is 1. The summed E-state index contributed by atoms with van der Waals surface area (Å²) in [6.07, 6.45) is 6.17. The van der Waals surface area contributed by atoms with Crippen LogP contribution in [0.4, 0.5) is 4.39 Å². The van der Waals surface area contributed by atoms with Gasteiger partial charge in [-0.1, -0.05) is 24.6 Å². The van der Waals surface area contributed by atoms with Gasteiger partial charge >= 0.3 is 5.97 Å². The van der Waals surface area contributed by atoms with E-state index < -0.39 is 11.6 Å². The molecule has 1 aromatic carbocycles. The normalized spacial score (nSPS) is 17.7. The molecule has 3 rings (SSSR count). The lowest BCUT2D eigenvalue weighted by Crippen LogP contribution is -2.44. The molecule has 5 nitrogen and oxygen atoms in total. The van der Waals surface area contributed by atoms with Crippen molar-refractivity contribution >= 4 is 5.97 Å². The van der Waals surface area contributed by atoms with Gasteiger partial charge in [-0.15, -0.1) is 0 Å². The summed E-state index contributed by atoms with van der Waals surface area (Å²) >= 11 is 0. The number of rotatable bonds is 9. The molecule has 1 fully saturated rings. The molecule has 0 bridgehead atoms. The van der Waals surface area contributed by atoms with Gasteiger partial charge in [0, 0.05) is 18.5 Å². The molecule has 156 valence electrons. The minimum atomic E-state index is -1.25. The van der Waals surface area contributed by atoms with Crippen molar-refractivity contribution in [3.63, 3.8) is 0 Å². The fraction of sp³-hybridized carbons (Fsp3) is 0.478. The van der Waals surface area contributed by atoms with Crippen molar-refractivity contribution in [1.29, 1.82) is 0 Å². The van der Waals surface area contributed by atoms with Gasteiger partial charge in [-0.2, -0.15) is 0 Å². The first-order valence-corrected chi connectivity index (χ1v) is 10.3. The molecule has 1 saturated heterocycles. The number of halogens is 1. The fourth-order valence-corrected chi connectivity index (χ4v) is 4.25. The second kappa shape index (κ2) is 9.94. The third kappa shape index (κ3) is 5.40. The van der Waals surface area contributed by atoms with E-state index in [1.807, 2.05) is 18.2 Å². The van der Waals surface area contributed by atoms with Crippen LogP contribution in [-0.2, 0) is 10.4 Å².